The van der Waals surface area contributed by atoms with Crippen LogP contribution < -0.4 is 15.0 Å². The molecular formula is C18H16Cl2N2OZn. The van der Waals surface area contributed by atoms with Crippen LogP contribution >= 0.6 is 19.4 Å². The number of fused-ring (bicyclic) bond motifs is 3. The maximum absolute atomic E-state index is 6.01. The molecule has 0 atom stereocenters. The Hall–Kier alpha value is -1.48. The zero-order chi connectivity index (χ0) is 17.1. The van der Waals surface area contributed by atoms with Crippen LogP contribution in [0.2, 0.25) is 0 Å². The number of nitrogens with zero attached hydrogens (tertiary/aromatic N) is 1. The van der Waals surface area contributed by atoms with Crippen molar-refractivity contribution in [2.75, 3.05) is 24.3 Å². The van der Waals surface area contributed by atoms with Gasteiger partial charge in [0.05, 0.1) is 11.4 Å². The first kappa shape index (κ1) is 17.3. The van der Waals surface area contributed by atoms with E-state index >= 15 is 0 Å². The predicted molar refractivity (Wildman–Crippen MR) is 99.8 cm³/mol. The summed E-state index contributed by atoms with van der Waals surface area (Å²) in [6.45, 7) is 0. The van der Waals surface area contributed by atoms with Crippen LogP contribution in [0.4, 0.5) is 17.1 Å². The average molecular weight is 413 g/mol. The molecule has 0 spiro atoms. The van der Waals surface area contributed by atoms with Crippen LogP contribution in [0.1, 0.15) is 0 Å². The van der Waals surface area contributed by atoms with E-state index < -0.39 is 15.1 Å². The Kier molecular flexibility index (Phi) is 5.50. The van der Waals surface area contributed by atoms with Crippen molar-refractivity contribution in [3.8, 4) is 11.5 Å². The molecule has 0 aliphatic carbocycles. The first-order valence-corrected chi connectivity index (χ1v) is 15.3. The number of hydrogen-bond acceptors (Lipinski definition) is 3. The third kappa shape index (κ3) is 3.61. The summed E-state index contributed by atoms with van der Waals surface area (Å²) >= 11 is -0.931. The Bertz CT molecular complexity index is 871. The summed E-state index contributed by atoms with van der Waals surface area (Å²) in [7, 11) is 14.0. The van der Waals surface area contributed by atoms with Gasteiger partial charge in [-0.2, -0.15) is 0 Å². The molecule has 0 aromatic heterocycles. The zero-order valence-corrected chi connectivity index (χ0v) is 18.0. The number of anilines is 3. The van der Waals surface area contributed by atoms with Gasteiger partial charge < -0.3 is 15.0 Å². The third-order valence-electron chi connectivity index (χ3n) is 3.81. The van der Waals surface area contributed by atoms with Gasteiger partial charge in [-0.05, 0) is 47.2 Å². The van der Waals surface area contributed by atoms with E-state index in [-0.39, 0.29) is 0 Å². The van der Waals surface area contributed by atoms with Gasteiger partial charge in [0.25, 0.3) is 0 Å². The van der Waals surface area contributed by atoms with Gasteiger partial charge in [-0.25, -0.2) is 0 Å². The average Bonchev–Trinajstić information content (AvgIpc) is 2.58. The third-order valence-corrected chi connectivity index (χ3v) is 3.81. The van der Waals surface area contributed by atoms with Crippen molar-refractivity contribution in [1.82, 2.24) is 0 Å². The van der Waals surface area contributed by atoms with Gasteiger partial charge in [0.2, 0.25) is 0 Å². The van der Waals surface area contributed by atoms with E-state index in [0.717, 1.165) is 22.9 Å². The molecule has 3 nitrogen and oxygen atoms in total. The topological polar surface area (TPSA) is 24.5 Å². The molecule has 3 aromatic carbocycles. The predicted octanol–water partition coefficient (Wildman–Crippen LogP) is 6.13. The fourth-order valence-electron chi connectivity index (χ4n) is 2.65. The maximum atomic E-state index is 6.01. The van der Waals surface area contributed by atoms with E-state index in [9.17, 15) is 0 Å². The molecule has 0 fully saturated rings. The Morgan fingerprint density at radius 3 is 2.38 bits per heavy atom. The number of halogens is 2. The van der Waals surface area contributed by atoms with Crippen LogP contribution in [-0.4, -0.2) is 14.1 Å². The number of hydrogen-bond donors (Lipinski definition) is 1. The standard InChI is InChI=1S/C18H16N2O.2ClH.Zn/c1-20(2)14-8-7-12-10-16-18(11-13(12)9-14)21-17-6-4-3-5-15(17)19-16;;;/h3-11,19H,1-2H3;2*1H;/q;;;+2/p-2. The second-order valence-electron chi connectivity index (χ2n) is 5.60. The monoisotopic (exact) mass is 410 g/mol. The molecule has 0 bridgehead atoms. The summed E-state index contributed by atoms with van der Waals surface area (Å²) in [6.07, 6.45) is 0. The number of nitrogens with one attached hydrogen (secondary N) is 1. The van der Waals surface area contributed by atoms with Crippen molar-refractivity contribution in [2.45, 2.75) is 0 Å². The number of ether oxygens (including phenoxy) is 1. The summed E-state index contributed by atoms with van der Waals surface area (Å²) in [5.41, 5.74) is 3.21. The molecule has 1 aliphatic rings. The molecule has 3 aromatic rings. The van der Waals surface area contributed by atoms with Crippen molar-refractivity contribution in [2.24, 2.45) is 0 Å². The van der Waals surface area contributed by atoms with Gasteiger partial charge in [0.1, 0.15) is 0 Å². The fourth-order valence-corrected chi connectivity index (χ4v) is 2.65. The van der Waals surface area contributed by atoms with Gasteiger partial charge >= 0.3 is 34.5 Å². The Morgan fingerprint density at radius 1 is 0.875 bits per heavy atom. The van der Waals surface area contributed by atoms with Crippen molar-refractivity contribution >= 4 is 47.2 Å². The van der Waals surface area contributed by atoms with E-state index in [0.29, 0.717) is 0 Å². The van der Waals surface area contributed by atoms with Crippen molar-refractivity contribution in [3.05, 3.63) is 54.6 Å². The normalized spacial score (nSPS) is 11.0. The van der Waals surface area contributed by atoms with Crippen molar-refractivity contribution in [3.63, 3.8) is 0 Å². The molecule has 1 heterocycles. The van der Waals surface area contributed by atoms with Gasteiger partial charge in [0.15, 0.2) is 11.5 Å². The summed E-state index contributed by atoms with van der Waals surface area (Å²) in [5.74, 6) is 1.74. The van der Waals surface area contributed by atoms with Crippen LogP contribution in [0.25, 0.3) is 10.8 Å². The first-order valence-electron chi connectivity index (χ1n) is 7.53. The minimum atomic E-state index is -0.931. The summed E-state index contributed by atoms with van der Waals surface area (Å²) in [5, 5.41) is 5.82. The Labute approximate surface area is 157 Å². The van der Waals surface area contributed by atoms with Crippen molar-refractivity contribution < 1.29 is 19.9 Å². The first-order chi connectivity index (χ1) is 11.6. The Balaban J connectivity index is 0.000000526. The van der Waals surface area contributed by atoms with E-state index in [1.54, 1.807) is 0 Å². The number of benzene rings is 3. The molecule has 1 aliphatic heterocycles. The molecule has 4 rings (SSSR count). The van der Waals surface area contributed by atoms with Crippen LogP contribution in [0.3, 0.4) is 0 Å². The van der Waals surface area contributed by atoms with E-state index in [1.165, 1.54) is 16.5 Å². The SMILES string of the molecule is CN(C)c1ccc2cc3c(cc2c1)Oc1ccccc1N3.[Cl][Zn][Cl]. The van der Waals surface area contributed by atoms with Gasteiger partial charge in [-0.1, -0.05) is 18.2 Å². The molecule has 0 radical (unpaired) electrons. The molecular weight excluding hydrogens is 397 g/mol. The van der Waals surface area contributed by atoms with Crippen LogP contribution in [0.15, 0.2) is 54.6 Å². The van der Waals surface area contributed by atoms with Crippen LogP contribution in [-0.2, 0) is 15.1 Å². The number of para-hydroxylation sites is 2. The van der Waals surface area contributed by atoms with E-state index in [1.807, 2.05) is 38.4 Å². The molecule has 6 heteroatoms. The molecule has 0 saturated carbocycles. The summed E-state index contributed by atoms with van der Waals surface area (Å²) in [6, 6.07) is 18.7. The molecule has 24 heavy (non-hydrogen) atoms. The van der Waals surface area contributed by atoms with Gasteiger partial charge in [-0.15, -0.1) is 0 Å². The zero-order valence-electron chi connectivity index (χ0n) is 13.5. The molecule has 0 saturated heterocycles. The van der Waals surface area contributed by atoms with Gasteiger partial charge in [-0.3, -0.25) is 0 Å². The van der Waals surface area contributed by atoms with Crippen LogP contribution in [0.5, 0.6) is 11.5 Å². The summed E-state index contributed by atoms with van der Waals surface area (Å²) < 4.78 is 6.01. The quantitative estimate of drug-likeness (QED) is 0.381. The van der Waals surface area contributed by atoms with Gasteiger partial charge in [0, 0.05) is 19.8 Å². The molecule has 0 unspecified atom stereocenters. The second kappa shape index (κ2) is 7.61. The fraction of sp³-hybridized carbons (Fsp3) is 0.111. The molecule has 120 valence electrons. The number of rotatable bonds is 1. The minimum absolute atomic E-state index is 0.869. The second-order valence-corrected chi connectivity index (χ2v) is 10.2. The Morgan fingerprint density at radius 2 is 1.62 bits per heavy atom. The van der Waals surface area contributed by atoms with Crippen molar-refractivity contribution in [1.29, 1.82) is 0 Å². The van der Waals surface area contributed by atoms with Crippen LogP contribution in [0, 0.1) is 0 Å². The van der Waals surface area contributed by atoms with E-state index in [2.05, 4.69) is 40.5 Å². The van der Waals surface area contributed by atoms with E-state index in [4.69, 9.17) is 24.1 Å². The molecule has 0 amide bonds. The summed E-state index contributed by atoms with van der Waals surface area (Å²) in [4.78, 5) is 2.10. The molecule has 1 N–H and O–H groups in total.